The number of anilines is 1. The van der Waals surface area contributed by atoms with Gasteiger partial charge in [0.2, 0.25) is 0 Å². The van der Waals surface area contributed by atoms with Gasteiger partial charge >= 0.3 is 0 Å². The average molecular weight is 285 g/mol. The van der Waals surface area contributed by atoms with Crippen molar-refractivity contribution in [2.45, 2.75) is 6.61 Å². The van der Waals surface area contributed by atoms with Gasteiger partial charge in [-0.25, -0.2) is 0 Å². The molecule has 2 aromatic carbocycles. The van der Waals surface area contributed by atoms with Crippen molar-refractivity contribution < 1.29 is 4.74 Å². The number of ether oxygens (including phenoxy) is 1. The smallest absolute Gasteiger partial charge is 0.143 e. The predicted molar refractivity (Wildman–Crippen MR) is 81.9 cm³/mol. The summed E-state index contributed by atoms with van der Waals surface area (Å²) in [5.74, 6) is 0.670. The number of hydrogen-bond acceptors (Lipinski definition) is 3. The molecule has 1 heterocycles. The fourth-order valence-electron chi connectivity index (χ4n) is 2.09. The second kappa shape index (κ2) is 5.39. The summed E-state index contributed by atoms with van der Waals surface area (Å²) in [6.45, 7) is 0.432. The summed E-state index contributed by atoms with van der Waals surface area (Å²) in [4.78, 5) is 4.08. The van der Waals surface area contributed by atoms with Crippen LogP contribution in [0.2, 0.25) is 5.02 Å². The zero-order chi connectivity index (χ0) is 13.9. The summed E-state index contributed by atoms with van der Waals surface area (Å²) in [5, 5.41) is 2.65. The molecule has 100 valence electrons. The summed E-state index contributed by atoms with van der Waals surface area (Å²) in [6, 6.07) is 13.3. The minimum Gasteiger partial charge on any atom is -0.487 e. The van der Waals surface area contributed by atoms with E-state index in [1.54, 1.807) is 12.4 Å². The predicted octanol–water partition coefficient (Wildman–Crippen LogP) is 4.05. The van der Waals surface area contributed by atoms with E-state index in [-0.39, 0.29) is 0 Å². The number of nitrogen functional groups attached to an aromatic ring is 1. The Labute approximate surface area is 122 Å². The zero-order valence-electron chi connectivity index (χ0n) is 10.7. The lowest BCUT2D eigenvalue weighted by atomic mass is 10.1. The Hall–Kier alpha value is -2.26. The molecule has 0 bridgehead atoms. The number of pyridine rings is 1. The summed E-state index contributed by atoms with van der Waals surface area (Å²) in [6.07, 6.45) is 3.51. The first-order valence-corrected chi connectivity index (χ1v) is 6.61. The molecule has 3 aromatic rings. The van der Waals surface area contributed by atoms with Gasteiger partial charge in [-0.3, -0.25) is 4.98 Å². The number of hydrogen-bond donors (Lipinski definition) is 1. The highest BCUT2D eigenvalue weighted by Gasteiger charge is 2.06. The molecule has 0 saturated heterocycles. The van der Waals surface area contributed by atoms with Crippen molar-refractivity contribution in [1.29, 1.82) is 0 Å². The highest BCUT2D eigenvalue weighted by atomic mass is 35.5. The lowest BCUT2D eigenvalue weighted by Crippen LogP contribution is -1.99. The van der Waals surface area contributed by atoms with E-state index in [1.807, 2.05) is 42.5 Å². The molecule has 4 heteroatoms. The normalized spacial score (nSPS) is 10.7. The van der Waals surface area contributed by atoms with Crippen molar-refractivity contribution in [2.75, 3.05) is 5.73 Å². The van der Waals surface area contributed by atoms with Crippen molar-refractivity contribution in [1.82, 2.24) is 4.98 Å². The number of rotatable bonds is 3. The second-order valence-electron chi connectivity index (χ2n) is 4.49. The van der Waals surface area contributed by atoms with Crippen molar-refractivity contribution in [2.24, 2.45) is 0 Å². The van der Waals surface area contributed by atoms with Gasteiger partial charge in [0, 0.05) is 28.2 Å². The van der Waals surface area contributed by atoms with E-state index in [0.717, 1.165) is 16.3 Å². The number of benzene rings is 2. The molecule has 3 nitrogen and oxygen atoms in total. The molecule has 0 saturated carbocycles. The van der Waals surface area contributed by atoms with Crippen LogP contribution in [0.4, 0.5) is 5.69 Å². The summed E-state index contributed by atoms with van der Waals surface area (Å²) in [7, 11) is 0. The molecule has 1 aromatic heterocycles. The maximum atomic E-state index is 6.13. The molecular formula is C16H13ClN2O. The number of halogens is 1. The molecule has 0 unspecified atom stereocenters. The number of nitrogens with two attached hydrogens (primary N) is 1. The highest BCUT2D eigenvalue weighted by molar-refractivity contribution is 6.30. The van der Waals surface area contributed by atoms with E-state index in [4.69, 9.17) is 22.1 Å². The fraction of sp³-hybridized carbons (Fsp3) is 0.0625. The SMILES string of the molecule is Nc1c(OCc2cccc(Cl)c2)ccc2cnccc12. The summed E-state index contributed by atoms with van der Waals surface area (Å²) in [5.41, 5.74) is 7.77. The third-order valence-electron chi connectivity index (χ3n) is 3.11. The van der Waals surface area contributed by atoms with Crippen LogP contribution in [-0.2, 0) is 6.61 Å². The Morgan fingerprint density at radius 2 is 2.05 bits per heavy atom. The fourth-order valence-corrected chi connectivity index (χ4v) is 2.30. The molecule has 3 rings (SSSR count). The van der Waals surface area contributed by atoms with E-state index in [2.05, 4.69) is 4.98 Å². The minimum atomic E-state index is 0.432. The third-order valence-corrected chi connectivity index (χ3v) is 3.34. The first kappa shape index (κ1) is 12.8. The molecule has 0 aliphatic carbocycles. The van der Waals surface area contributed by atoms with Crippen LogP contribution in [-0.4, -0.2) is 4.98 Å². The van der Waals surface area contributed by atoms with Crippen molar-refractivity contribution in [3.05, 3.63) is 65.4 Å². The van der Waals surface area contributed by atoms with E-state index >= 15 is 0 Å². The van der Waals surface area contributed by atoms with Crippen LogP contribution in [0.3, 0.4) is 0 Å². The third kappa shape index (κ3) is 2.53. The van der Waals surface area contributed by atoms with Gasteiger partial charge in [-0.05, 0) is 35.9 Å². The molecular weight excluding hydrogens is 272 g/mol. The van der Waals surface area contributed by atoms with Gasteiger partial charge in [0.05, 0.1) is 5.69 Å². The topological polar surface area (TPSA) is 48.1 Å². The quantitative estimate of drug-likeness (QED) is 0.738. The highest BCUT2D eigenvalue weighted by Crippen LogP contribution is 2.30. The van der Waals surface area contributed by atoms with Gasteiger partial charge in [-0.1, -0.05) is 23.7 Å². The summed E-state index contributed by atoms with van der Waals surface area (Å²) >= 11 is 5.95. The molecule has 20 heavy (non-hydrogen) atoms. The standard InChI is InChI=1S/C16H13ClN2O/c17-13-3-1-2-11(8-13)10-20-15-5-4-12-9-19-7-6-14(12)16(15)18/h1-9H,10,18H2. The van der Waals surface area contributed by atoms with Crippen LogP contribution < -0.4 is 10.5 Å². The maximum Gasteiger partial charge on any atom is 0.143 e. The Morgan fingerprint density at radius 3 is 2.90 bits per heavy atom. The first-order valence-electron chi connectivity index (χ1n) is 6.23. The van der Waals surface area contributed by atoms with Crippen LogP contribution >= 0.6 is 11.6 Å². The Bertz CT molecular complexity index is 758. The van der Waals surface area contributed by atoms with Gasteiger partial charge < -0.3 is 10.5 Å². The van der Waals surface area contributed by atoms with Gasteiger partial charge in [0.15, 0.2) is 0 Å². The van der Waals surface area contributed by atoms with Crippen molar-refractivity contribution in [3.8, 4) is 5.75 Å². The lowest BCUT2D eigenvalue weighted by molar-refractivity contribution is 0.308. The van der Waals surface area contributed by atoms with Crippen LogP contribution in [0.15, 0.2) is 54.9 Å². The largest absolute Gasteiger partial charge is 0.487 e. The van der Waals surface area contributed by atoms with Gasteiger partial charge in [0.1, 0.15) is 12.4 Å². The second-order valence-corrected chi connectivity index (χ2v) is 4.93. The van der Waals surface area contributed by atoms with E-state index in [0.29, 0.717) is 23.1 Å². The molecule has 0 amide bonds. The van der Waals surface area contributed by atoms with Crippen LogP contribution in [0.25, 0.3) is 10.8 Å². The van der Waals surface area contributed by atoms with Crippen LogP contribution in [0.5, 0.6) is 5.75 Å². The Kier molecular flexibility index (Phi) is 3.44. The van der Waals surface area contributed by atoms with Crippen LogP contribution in [0.1, 0.15) is 5.56 Å². The van der Waals surface area contributed by atoms with Crippen molar-refractivity contribution in [3.63, 3.8) is 0 Å². The van der Waals surface area contributed by atoms with E-state index in [1.165, 1.54) is 0 Å². The van der Waals surface area contributed by atoms with Gasteiger partial charge in [-0.2, -0.15) is 0 Å². The van der Waals surface area contributed by atoms with E-state index < -0.39 is 0 Å². The van der Waals surface area contributed by atoms with Crippen LogP contribution in [0, 0.1) is 0 Å². The molecule has 0 spiro atoms. The van der Waals surface area contributed by atoms with E-state index in [9.17, 15) is 0 Å². The first-order chi connectivity index (χ1) is 9.74. The van der Waals surface area contributed by atoms with Gasteiger partial charge in [-0.15, -0.1) is 0 Å². The molecule has 0 aliphatic rings. The molecule has 0 aliphatic heterocycles. The van der Waals surface area contributed by atoms with Crippen molar-refractivity contribution >= 4 is 28.1 Å². The molecule has 0 radical (unpaired) electrons. The number of aromatic nitrogens is 1. The molecule has 0 atom stereocenters. The van der Waals surface area contributed by atoms with Gasteiger partial charge in [0.25, 0.3) is 0 Å². The Balaban J connectivity index is 1.86. The zero-order valence-corrected chi connectivity index (χ0v) is 11.5. The lowest BCUT2D eigenvalue weighted by Gasteiger charge is -2.11. The molecule has 2 N–H and O–H groups in total. The average Bonchev–Trinajstić information content (AvgIpc) is 2.47. The Morgan fingerprint density at radius 1 is 1.15 bits per heavy atom. The maximum absolute atomic E-state index is 6.13. The molecule has 0 fully saturated rings. The number of nitrogens with zero attached hydrogens (tertiary/aromatic N) is 1. The monoisotopic (exact) mass is 284 g/mol. The number of fused-ring (bicyclic) bond motifs is 1. The summed E-state index contributed by atoms with van der Waals surface area (Å²) < 4.78 is 5.78. The minimum absolute atomic E-state index is 0.432.